The Balaban J connectivity index is 2.48. The number of hydrogen-bond donors (Lipinski definition) is 1. The van der Waals surface area contributed by atoms with E-state index in [-0.39, 0.29) is 5.56 Å². The van der Waals surface area contributed by atoms with Crippen LogP contribution >= 0.6 is 0 Å². The van der Waals surface area contributed by atoms with Gasteiger partial charge in [-0.05, 0) is 12.1 Å². The number of rotatable bonds is 3. The van der Waals surface area contributed by atoms with Gasteiger partial charge in [0.25, 0.3) is 0 Å². The molecule has 2 heterocycles. The Morgan fingerprint density at radius 2 is 2.25 bits per heavy atom. The molecule has 0 saturated heterocycles. The van der Waals surface area contributed by atoms with Crippen LogP contribution in [0.3, 0.4) is 0 Å². The van der Waals surface area contributed by atoms with Crippen LogP contribution in [0.25, 0.3) is 5.82 Å². The molecular formula is C10H9N3O3. The molecule has 16 heavy (non-hydrogen) atoms. The Morgan fingerprint density at radius 3 is 2.94 bits per heavy atom. The summed E-state index contributed by atoms with van der Waals surface area (Å²) >= 11 is 0. The summed E-state index contributed by atoms with van der Waals surface area (Å²) in [6, 6.07) is 4.51. The van der Waals surface area contributed by atoms with Gasteiger partial charge in [0.15, 0.2) is 5.82 Å². The Bertz CT molecular complexity index is 522. The highest BCUT2D eigenvalue weighted by Gasteiger charge is 2.09. The van der Waals surface area contributed by atoms with Crippen LogP contribution in [0.4, 0.5) is 0 Å². The third kappa shape index (κ3) is 1.72. The largest absolute Gasteiger partial charge is 0.481 e. The monoisotopic (exact) mass is 219 g/mol. The first-order chi connectivity index (χ1) is 7.72. The SMILES string of the molecule is COc1ccnn1-c1cc(C(=O)O)ccn1. The predicted molar refractivity (Wildman–Crippen MR) is 54.9 cm³/mol. The van der Waals surface area contributed by atoms with Crippen molar-refractivity contribution in [1.82, 2.24) is 14.8 Å². The molecule has 0 fully saturated rings. The number of nitrogens with zero attached hydrogens (tertiary/aromatic N) is 3. The van der Waals surface area contributed by atoms with Crippen LogP contribution in [-0.4, -0.2) is 33.0 Å². The molecule has 6 heteroatoms. The molecule has 0 spiro atoms. The van der Waals surface area contributed by atoms with Gasteiger partial charge in [0, 0.05) is 12.3 Å². The fourth-order valence-electron chi connectivity index (χ4n) is 1.29. The lowest BCUT2D eigenvalue weighted by atomic mass is 10.2. The first-order valence-electron chi connectivity index (χ1n) is 4.50. The van der Waals surface area contributed by atoms with E-state index in [1.165, 1.54) is 30.1 Å². The molecule has 0 aliphatic heterocycles. The van der Waals surface area contributed by atoms with Crippen molar-refractivity contribution >= 4 is 5.97 Å². The van der Waals surface area contributed by atoms with E-state index in [1.54, 1.807) is 12.3 Å². The van der Waals surface area contributed by atoms with Gasteiger partial charge in [0.05, 0.1) is 18.9 Å². The van der Waals surface area contributed by atoms with Crippen molar-refractivity contribution in [1.29, 1.82) is 0 Å². The zero-order chi connectivity index (χ0) is 11.5. The normalized spacial score (nSPS) is 10.1. The number of pyridine rings is 1. The molecule has 0 aromatic carbocycles. The molecular weight excluding hydrogens is 210 g/mol. The summed E-state index contributed by atoms with van der Waals surface area (Å²) in [6.07, 6.45) is 2.97. The second kappa shape index (κ2) is 4.01. The van der Waals surface area contributed by atoms with Crippen LogP contribution in [0.15, 0.2) is 30.6 Å². The Labute approximate surface area is 91.1 Å². The molecule has 0 radical (unpaired) electrons. The topological polar surface area (TPSA) is 77.2 Å². The molecule has 2 aromatic rings. The summed E-state index contributed by atoms with van der Waals surface area (Å²) in [7, 11) is 1.51. The first kappa shape index (κ1) is 10.2. The van der Waals surface area contributed by atoms with Crippen LogP contribution in [-0.2, 0) is 0 Å². The van der Waals surface area contributed by atoms with E-state index < -0.39 is 5.97 Å². The summed E-state index contributed by atoms with van der Waals surface area (Å²) in [5, 5.41) is 12.8. The fourth-order valence-corrected chi connectivity index (χ4v) is 1.29. The van der Waals surface area contributed by atoms with Crippen molar-refractivity contribution in [3.05, 3.63) is 36.2 Å². The minimum absolute atomic E-state index is 0.155. The number of carbonyl (C=O) groups is 1. The van der Waals surface area contributed by atoms with Crippen molar-refractivity contribution in [3.63, 3.8) is 0 Å². The molecule has 0 atom stereocenters. The molecule has 0 unspecified atom stereocenters. The van der Waals surface area contributed by atoms with Crippen LogP contribution in [0.5, 0.6) is 5.88 Å². The Morgan fingerprint density at radius 1 is 1.44 bits per heavy atom. The van der Waals surface area contributed by atoms with Gasteiger partial charge in [0.1, 0.15) is 0 Å². The van der Waals surface area contributed by atoms with Crippen LogP contribution < -0.4 is 4.74 Å². The molecule has 2 rings (SSSR count). The molecule has 0 aliphatic carbocycles. The molecule has 1 N–H and O–H groups in total. The Hall–Kier alpha value is -2.37. The van der Waals surface area contributed by atoms with Crippen molar-refractivity contribution in [3.8, 4) is 11.7 Å². The Kier molecular flexibility index (Phi) is 2.55. The quantitative estimate of drug-likeness (QED) is 0.832. The highest BCUT2D eigenvalue weighted by atomic mass is 16.5. The van der Waals surface area contributed by atoms with Crippen molar-refractivity contribution < 1.29 is 14.6 Å². The molecule has 0 saturated carbocycles. The highest BCUT2D eigenvalue weighted by Crippen LogP contribution is 2.15. The van der Waals surface area contributed by atoms with E-state index in [0.29, 0.717) is 11.7 Å². The predicted octanol–water partition coefficient (Wildman–Crippen LogP) is 0.974. The van der Waals surface area contributed by atoms with Crippen molar-refractivity contribution in [2.75, 3.05) is 7.11 Å². The minimum atomic E-state index is -1.00. The van der Waals surface area contributed by atoms with E-state index in [9.17, 15) is 4.79 Å². The molecule has 0 bridgehead atoms. The number of ether oxygens (including phenoxy) is 1. The van der Waals surface area contributed by atoms with Crippen molar-refractivity contribution in [2.24, 2.45) is 0 Å². The minimum Gasteiger partial charge on any atom is -0.481 e. The molecule has 2 aromatic heterocycles. The third-order valence-corrected chi connectivity index (χ3v) is 2.03. The maximum Gasteiger partial charge on any atom is 0.335 e. The van der Waals surface area contributed by atoms with E-state index in [1.807, 2.05) is 0 Å². The lowest BCUT2D eigenvalue weighted by molar-refractivity contribution is 0.0696. The van der Waals surface area contributed by atoms with Gasteiger partial charge >= 0.3 is 5.97 Å². The van der Waals surface area contributed by atoms with Gasteiger partial charge in [-0.15, -0.1) is 0 Å². The number of aromatic carboxylic acids is 1. The van der Waals surface area contributed by atoms with Crippen molar-refractivity contribution in [2.45, 2.75) is 0 Å². The van der Waals surface area contributed by atoms with E-state index >= 15 is 0 Å². The van der Waals surface area contributed by atoms with E-state index in [4.69, 9.17) is 9.84 Å². The van der Waals surface area contributed by atoms with Gasteiger partial charge in [-0.3, -0.25) is 0 Å². The van der Waals surface area contributed by atoms with Gasteiger partial charge in [-0.1, -0.05) is 0 Å². The molecule has 82 valence electrons. The number of carboxylic acid groups (broad SMARTS) is 1. The standard InChI is InChI=1S/C10H9N3O3/c1-16-9-3-5-12-13(9)8-6-7(10(14)15)2-4-11-8/h2-6H,1H3,(H,14,15). The zero-order valence-electron chi connectivity index (χ0n) is 8.49. The molecule has 0 aliphatic rings. The first-order valence-corrected chi connectivity index (χ1v) is 4.50. The lowest BCUT2D eigenvalue weighted by Gasteiger charge is -2.05. The second-order valence-electron chi connectivity index (χ2n) is 2.99. The summed E-state index contributed by atoms with van der Waals surface area (Å²) < 4.78 is 6.48. The zero-order valence-corrected chi connectivity index (χ0v) is 8.49. The van der Waals surface area contributed by atoms with Crippen LogP contribution in [0, 0.1) is 0 Å². The summed E-state index contributed by atoms with van der Waals surface area (Å²) in [6.45, 7) is 0. The number of methoxy groups -OCH3 is 1. The summed E-state index contributed by atoms with van der Waals surface area (Å²) in [4.78, 5) is 14.8. The third-order valence-electron chi connectivity index (χ3n) is 2.03. The second-order valence-corrected chi connectivity index (χ2v) is 2.99. The van der Waals surface area contributed by atoms with E-state index in [0.717, 1.165) is 0 Å². The molecule has 0 amide bonds. The number of hydrogen-bond acceptors (Lipinski definition) is 4. The van der Waals surface area contributed by atoms with Gasteiger partial charge in [-0.2, -0.15) is 9.78 Å². The summed E-state index contributed by atoms with van der Waals surface area (Å²) in [5.41, 5.74) is 0.155. The van der Waals surface area contributed by atoms with Gasteiger partial charge < -0.3 is 9.84 Å². The number of aromatic nitrogens is 3. The van der Waals surface area contributed by atoms with Crippen LogP contribution in [0.2, 0.25) is 0 Å². The average Bonchev–Trinajstić information content (AvgIpc) is 2.77. The average molecular weight is 219 g/mol. The maximum absolute atomic E-state index is 10.8. The van der Waals surface area contributed by atoms with Gasteiger partial charge in [-0.25, -0.2) is 9.78 Å². The van der Waals surface area contributed by atoms with Crippen LogP contribution in [0.1, 0.15) is 10.4 Å². The molecule has 6 nitrogen and oxygen atoms in total. The summed E-state index contributed by atoms with van der Waals surface area (Å²) in [5.74, 6) is -0.105. The number of carboxylic acids is 1. The van der Waals surface area contributed by atoms with E-state index in [2.05, 4.69) is 10.1 Å². The lowest BCUT2D eigenvalue weighted by Crippen LogP contribution is -2.04. The maximum atomic E-state index is 10.8. The smallest absolute Gasteiger partial charge is 0.335 e. The van der Waals surface area contributed by atoms with Gasteiger partial charge in [0.2, 0.25) is 5.88 Å². The fraction of sp³-hybridized carbons (Fsp3) is 0.100. The highest BCUT2D eigenvalue weighted by molar-refractivity contribution is 5.87.